The fraction of sp³-hybridized carbons (Fsp3) is 0.250. The molecule has 29 heavy (non-hydrogen) atoms. The van der Waals surface area contributed by atoms with Crippen LogP contribution in [0.4, 0.5) is 13.2 Å². The summed E-state index contributed by atoms with van der Waals surface area (Å²) in [6.07, 6.45) is -4.72. The molecule has 1 saturated heterocycles. The number of hydrogen-bond donors (Lipinski definition) is 1. The quantitative estimate of drug-likeness (QED) is 0.527. The van der Waals surface area contributed by atoms with E-state index in [1.807, 2.05) is 0 Å². The second-order valence-electron chi connectivity index (χ2n) is 6.81. The number of allylic oxidation sites excluding steroid dienone is 1. The number of piperazine rings is 1. The van der Waals surface area contributed by atoms with Crippen molar-refractivity contribution in [1.29, 1.82) is 0 Å². The van der Waals surface area contributed by atoms with Gasteiger partial charge in [-0.05, 0) is 36.4 Å². The van der Waals surface area contributed by atoms with Gasteiger partial charge in [-0.15, -0.1) is 0 Å². The number of hydrogen-bond acceptors (Lipinski definition) is 4. The lowest BCUT2D eigenvalue weighted by Gasteiger charge is -2.49. The van der Waals surface area contributed by atoms with Gasteiger partial charge in [0.2, 0.25) is 11.5 Å². The van der Waals surface area contributed by atoms with E-state index in [0.29, 0.717) is 16.9 Å². The molecule has 0 spiro atoms. The van der Waals surface area contributed by atoms with Crippen LogP contribution in [0.25, 0.3) is 0 Å². The topological polar surface area (TPSA) is 56.7 Å². The third-order valence-corrected chi connectivity index (χ3v) is 5.68. The van der Waals surface area contributed by atoms with Gasteiger partial charge >= 0.3 is 6.18 Å². The Bertz CT molecular complexity index is 988. The highest BCUT2D eigenvalue weighted by atomic mass is 79.9. The third kappa shape index (κ3) is 3.38. The summed E-state index contributed by atoms with van der Waals surface area (Å²) in [6, 6.07) is 12.6. The van der Waals surface area contributed by atoms with Gasteiger partial charge < -0.3 is 15.3 Å². The van der Waals surface area contributed by atoms with E-state index in [0.717, 1.165) is 4.47 Å². The number of benzene rings is 2. The second-order valence-corrected chi connectivity index (χ2v) is 7.73. The van der Waals surface area contributed by atoms with Gasteiger partial charge in [-0.1, -0.05) is 28.1 Å². The molecule has 2 aromatic rings. The van der Waals surface area contributed by atoms with Crippen LogP contribution < -0.4 is 10.1 Å². The van der Waals surface area contributed by atoms with Crippen LogP contribution in [0, 0.1) is 5.21 Å². The van der Waals surface area contributed by atoms with Crippen molar-refractivity contribution >= 4 is 21.8 Å². The van der Waals surface area contributed by atoms with Crippen molar-refractivity contribution in [2.75, 3.05) is 20.2 Å². The van der Waals surface area contributed by atoms with Crippen molar-refractivity contribution in [2.45, 2.75) is 12.2 Å². The number of hydroxylamine groups is 3. The predicted molar refractivity (Wildman–Crippen MR) is 106 cm³/mol. The molecule has 5 nitrogen and oxygen atoms in total. The summed E-state index contributed by atoms with van der Waals surface area (Å²) in [5, 5.41) is 17.2. The van der Waals surface area contributed by atoms with Crippen LogP contribution in [-0.2, 0) is 0 Å². The first-order valence-electron chi connectivity index (χ1n) is 8.85. The van der Waals surface area contributed by atoms with Gasteiger partial charge in [0.1, 0.15) is 11.8 Å². The molecule has 9 heteroatoms. The van der Waals surface area contributed by atoms with Crippen molar-refractivity contribution in [3.63, 3.8) is 0 Å². The van der Waals surface area contributed by atoms with Crippen LogP contribution in [0.1, 0.15) is 17.2 Å². The number of fused-ring (bicyclic) bond motifs is 1. The monoisotopic (exact) mass is 467 g/mol. The van der Waals surface area contributed by atoms with Crippen molar-refractivity contribution in [2.24, 2.45) is 4.99 Å². The number of aliphatic imine (C=N–C) groups is 1. The zero-order valence-corrected chi connectivity index (χ0v) is 16.9. The summed E-state index contributed by atoms with van der Waals surface area (Å²) in [5.74, 6) is 0.378. The number of nitrogens with one attached hydrogen (secondary N) is 1. The van der Waals surface area contributed by atoms with Gasteiger partial charge in [-0.25, -0.2) is 0 Å². The average Bonchev–Trinajstić information content (AvgIpc) is 3.02. The van der Waals surface area contributed by atoms with E-state index in [1.54, 1.807) is 48.5 Å². The lowest BCUT2D eigenvalue weighted by atomic mass is 9.99. The Kier molecular flexibility index (Phi) is 5.02. The molecule has 1 fully saturated rings. The SMILES string of the molecule is COc1ccc(C2=NC(C(F)(F)F)=C3CNCC(c4ccc(Br)cc4)[N+]23[O-])cc1. The van der Waals surface area contributed by atoms with Crippen LogP contribution in [0.5, 0.6) is 5.75 Å². The average molecular weight is 468 g/mol. The van der Waals surface area contributed by atoms with Crippen molar-refractivity contribution < 1.29 is 22.6 Å². The second kappa shape index (κ2) is 7.24. The van der Waals surface area contributed by atoms with Gasteiger partial charge in [0.05, 0.1) is 25.8 Å². The zero-order chi connectivity index (χ0) is 20.8. The van der Waals surface area contributed by atoms with E-state index in [9.17, 15) is 18.4 Å². The number of methoxy groups -OCH3 is 1. The summed E-state index contributed by atoms with van der Waals surface area (Å²) in [7, 11) is 1.49. The van der Waals surface area contributed by atoms with E-state index in [-0.39, 0.29) is 24.6 Å². The molecular weight excluding hydrogens is 451 g/mol. The lowest BCUT2D eigenvalue weighted by Crippen LogP contribution is -2.57. The number of amidine groups is 1. The van der Waals surface area contributed by atoms with Gasteiger partial charge in [-0.2, -0.15) is 18.2 Å². The van der Waals surface area contributed by atoms with Crippen molar-refractivity contribution in [1.82, 2.24) is 5.32 Å². The highest BCUT2D eigenvalue weighted by Crippen LogP contribution is 2.47. The molecule has 2 atom stereocenters. The number of ether oxygens (including phenoxy) is 1. The molecule has 0 amide bonds. The summed E-state index contributed by atoms with van der Waals surface area (Å²) < 4.78 is 45.8. The van der Waals surface area contributed by atoms with E-state index < -0.39 is 22.6 Å². The number of alkyl halides is 3. The summed E-state index contributed by atoms with van der Waals surface area (Å²) >= 11 is 3.34. The molecule has 0 bridgehead atoms. The molecule has 152 valence electrons. The molecule has 2 heterocycles. The van der Waals surface area contributed by atoms with E-state index in [4.69, 9.17) is 4.74 Å². The molecule has 4 rings (SSSR count). The number of quaternary nitrogens is 1. The van der Waals surface area contributed by atoms with Gasteiger partial charge in [0, 0.05) is 10.0 Å². The minimum Gasteiger partial charge on any atom is -0.620 e. The highest BCUT2D eigenvalue weighted by molar-refractivity contribution is 9.10. The smallest absolute Gasteiger partial charge is 0.439 e. The lowest BCUT2D eigenvalue weighted by molar-refractivity contribution is -0.785. The van der Waals surface area contributed by atoms with Crippen LogP contribution in [0.3, 0.4) is 0 Å². The largest absolute Gasteiger partial charge is 0.620 e. The number of nitrogens with zero attached hydrogens (tertiary/aromatic N) is 2. The minimum atomic E-state index is -4.72. The normalized spacial score (nSPS) is 24.3. The van der Waals surface area contributed by atoms with E-state index in [2.05, 4.69) is 26.2 Å². The Morgan fingerprint density at radius 3 is 2.38 bits per heavy atom. The van der Waals surface area contributed by atoms with Crippen LogP contribution in [0.15, 0.2) is 69.4 Å². The summed E-state index contributed by atoms with van der Waals surface area (Å²) in [5.41, 5.74) is -0.464. The molecule has 0 aliphatic carbocycles. The van der Waals surface area contributed by atoms with Crippen LogP contribution >= 0.6 is 15.9 Å². The zero-order valence-electron chi connectivity index (χ0n) is 15.3. The van der Waals surface area contributed by atoms with Gasteiger partial charge in [0.15, 0.2) is 5.70 Å². The van der Waals surface area contributed by atoms with E-state index >= 15 is 0 Å². The first-order valence-corrected chi connectivity index (χ1v) is 9.65. The number of halogens is 4. The molecule has 2 aliphatic rings. The maximum Gasteiger partial charge on any atom is 0.439 e. The Hall–Kier alpha value is -2.20. The van der Waals surface area contributed by atoms with Crippen molar-refractivity contribution in [3.05, 3.63) is 80.7 Å². The Morgan fingerprint density at radius 1 is 1.14 bits per heavy atom. The summed E-state index contributed by atoms with van der Waals surface area (Å²) in [6.45, 7) is 0.0590. The Morgan fingerprint density at radius 2 is 1.79 bits per heavy atom. The molecule has 0 radical (unpaired) electrons. The van der Waals surface area contributed by atoms with E-state index in [1.165, 1.54) is 7.11 Å². The van der Waals surface area contributed by atoms with Crippen molar-refractivity contribution in [3.8, 4) is 5.75 Å². The fourth-order valence-corrected chi connectivity index (χ4v) is 4.02. The minimum absolute atomic E-state index is 0.163. The maximum absolute atomic E-state index is 14.2. The summed E-state index contributed by atoms with van der Waals surface area (Å²) in [4.78, 5) is 3.84. The molecule has 1 N–H and O–H groups in total. The van der Waals surface area contributed by atoms with Gasteiger partial charge in [0.25, 0.3) is 0 Å². The Balaban J connectivity index is 1.88. The molecule has 2 unspecified atom stereocenters. The van der Waals surface area contributed by atoms with Gasteiger partial charge in [-0.3, -0.25) is 4.65 Å². The fourth-order valence-electron chi connectivity index (χ4n) is 3.76. The highest BCUT2D eigenvalue weighted by Gasteiger charge is 2.54. The molecule has 2 aliphatic heterocycles. The molecule has 2 aromatic carbocycles. The first-order chi connectivity index (χ1) is 13.7. The molecule has 0 saturated carbocycles. The molecular formula is C20H17BrF3N3O2. The molecule has 0 aromatic heterocycles. The maximum atomic E-state index is 14.2. The standard InChI is InChI=1S/C20H17BrF3N3O2/c1-29-15-8-4-13(5-9-15)19-26-18(20(22,23)24)17-11-25-10-16(27(17,19)28)12-2-6-14(21)7-3-12/h2-9,16,25H,10-11H2,1H3. The Labute approximate surface area is 173 Å². The van der Waals surface area contributed by atoms with Crippen LogP contribution in [-0.4, -0.2) is 36.9 Å². The van der Waals surface area contributed by atoms with Crippen LogP contribution in [0.2, 0.25) is 0 Å². The number of rotatable bonds is 3. The predicted octanol–water partition coefficient (Wildman–Crippen LogP) is 4.65. The first kappa shape index (κ1) is 20.1. The third-order valence-electron chi connectivity index (χ3n) is 5.15.